The highest BCUT2D eigenvalue weighted by molar-refractivity contribution is 6.13. The molecular formula is C27H24N2O4. The van der Waals surface area contributed by atoms with Crippen molar-refractivity contribution in [1.82, 2.24) is 4.57 Å². The monoisotopic (exact) mass is 440 g/mol. The maximum absolute atomic E-state index is 13.6. The van der Waals surface area contributed by atoms with Gasteiger partial charge >= 0.3 is 0 Å². The number of carbonyl (C=O) groups is 1. The first-order valence-electron chi connectivity index (χ1n) is 10.6. The van der Waals surface area contributed by atoms with E-state index in [-0.39, 0.29) is 29.0 Å². The maximum atomic E-state index is 13.6. The van der Waals surface area contributed by atoms with Gasteiger partial charge in [-0.1, -0.05) is 35.9 Å². The molecule has 0 amide bonds. The number of aromatic nitrogens is 1. The third-order valence-corrected chi connectivity index (χ3v) is 6.07. The van der Waals surface area contributed by atoms with Gasteiger partial charge in [-0.05, 0) is 62.9 Å². The van der Waals surface area contributed by atoms with Crippen molar-refractivity contribution in [2.24, 2.45) is 0 Å². The SMILES string of the molecule is Cc1ccc(Cn2c(O)c(C(=O)c3oc4cc(C)cc(C)c4c3C)c(C)c(C#N)c2=O)cc1. The van der Waals surface area contributed by atoms with Crippen LogP contribution in [0.3, 0.4) is 0 Å². The molecule has 0 aliphatic rings. The molecule has 0 bridgehead atoms. The van der Waals surface area contributed by atoms with Gasteiger partial charge in [0.2, 0.25) is 11.7 Å². The summed E-state index contributed by atoms with van der Waals surface area (Å²) < 4.78 is 7.00. The van der Waals surface area contributed by atoms with E-state index in [1.54, 1.807) is 6.92 Å². The fourth-order valence-corrected chi connectivity index (χ4v) is 4.37. The summed E-state index contributed by atoms with van der Waals surface area (Å²) in [6.07, 6.45) is 0. The van der Waals surface area contributed by atoms with Gasteiger partial charge in [0.15, 0.2) is 5.76 Å². The molecule has 0 unspecified atom stereocenters. The molecule has 2 aromatic heterocycles. The van der Waals surface area contributed by atoms with Gasteiger partial charge in [0, 0.05) is 10.9 Å². The van der Waals surface area contributed by atoms with Crippen molar-refractivity contribution in [3.63, 3.8) is 0 Å². The van der Waals surface area contributed by atoms with Gasteiger partial charge in [0.1, 0.15) is 17.2 Å². The summed E-state index contributed by atoms with van der Waals surface area (Å²) in [5, 5.41) is 21.6. The number of nitriles is 1. The number of benzene rings is 2. The van der Waals surface area contributed by atoms with Crippen LogP contribution in [-0.4, -0.2) is 15.5 Å². The van der Waals surface area contributed by atoms with Gasteiger partial charge in [0.25, 0.3) is 5.56 Å². The summed E-state index contributed by atoms with van der Waals surface area (Å²) in [6.45, 7) is 9.16. The fraction of sp³-hybridized carbons (Fsp3) is 0.222. The molecule has 4 rings (SSSR count). The molecule has 0 spiro atoms. The molecule has 6 nitrogen and oxygen atoms in total. The lowest BCUT2D eigenvalue weighted by Crippen LogP contribution is -2.27. The summed E-state index contributed by atoms with van der Waals surface area (Å²) in [7, 11) is 0. The van der Waals surface area contributed by atoms with E-state index in [2.05, 4.69) is 0 Å². The van der Waals surface area contributed by atoms with Gasteiger partial charge in [-0.2, -0.15) is 5.26 Å². The van der Waals surface area contributed by atoms with Gasteiger partial charge < -0.3 is 9.52 Å². The number of furan rings is 1. The lowest BCUT2D eigenvalue weighted by molar-refractivity contribution is 0.101. The molecule has 6 heteroatoms. The number of aromatic hydroxyl groups is 1. The van der Waals surface area contributed by atoms with Crippen LogP contribution in [0, 0.1) is 45.9 Å². The van der Waals surface area contributed by atoms with Crippen LogP contribution in [0.5, 0.6) is 5.88 Å². The summed E-state index contributed by atoms with van der Waals surface area (Å²) in [6, 6.07) is 13.2. The predicted molar refractivity (Wildman–Crippen MR) is 126 cm³/mol. The molecule has 2 aromatic carbocycles. The fourth-order valence-electron chi connectivity index (χ4n) is 4.37. The third-order valence-electron chi connectivity index (χ3n) is 6.07. The maximum Gasteiger partial charge on any atom is 0.271 e. The summed E-state index contributed by atoms with van der Waals surface area (Å²) in [4.78, 5) is 26.6. The van der Waals surface area contributed by atoms with Crippen LogP contribution in [-0.2, 0) is 6.54 Å². The zero-order chi connectivity index (χ0) is 24.0. The lowest BCUT2D eigenvalue weighted by Gasteiger charge is -2.15. The Morgan fingerprint density at radius 3 is 2.33 bits per heavy atom. The lowest BCUT2D eigenvalue weighted by atomic mass is 9.97. The first-order valence-corrected chi connectivity index (χ1v) is 10.6. The van der Waals surface area contributed by atoms with E-state index < -0.39 is 17.2 Å². The van der Waals surface area contributed by atoms with E-state index in [1.807, 2.05) is 63.2 Å². The number of hydrogen-bond acceptors (Lipinski definition) is 5. The highest BCUT2D eigenvalue weighted by Gasteiger charge is 2.29. The molecule has 166 valence electrons. The molecule has 2 heterocycles. The van der Waals surface area contributed by atoms with E-state index in [0.29, 0.717) is 11.1 Å². The summed E-state index contributed by atoms with van der Waals surface area (Å²) >= 11 is 0. The number of fused-ring (bicyclic) bond motifs is 1. The Labute approximate surface area is 191 Å². The predicted octanol–water partition coefficient (Wildman–Crippen LogP) is 4.99. The number of ketones is 1. The molecular weight excluding hydrogens is 416 g/mol. The molecule has 0 atom stereocenters. The van der Waals surface area contributed by atoms with Crippen molar-refractivity contribution in [3.05, 3.63) is 97.0 Å². The van der Waals surface area contributed by atoms with Crippen LogP contribution in [0.25, 0.3) is 11.0 Å². The third kappa shape index (κ3) is 3.62. The Bertz CT molecular complexity index is 1530. The molecule has 0 aliphatic heterocycles. The zero-order valence-corrected chi connectivity index (χ0v) is 19.2. The number of carbonyl (C=O) groups excluding carboxylic acids is 1. The van der Waals surface area contributed by atoms with Crippen molar-refractivity contribution in [2.75, 3.05) is 0 Å². The molecule has 4 aromatic rings. The largest absolute Gasteiger partial charge is 0.494 e. The molecule has 0 saturated heterocycles. The molecule has 0 radical (unpaired) electrons. The minimum absolute atomic E-state index is 0.0254. The molecule has 33 heavy (non-hydrogen) atoms. The first kappa shape index (κ1) is 22.1. The highest BCUT2D eigenvalue weighted by atomic mass is 16.3. The number of rotatable bonds is 4. The minimum atomic E-state index is -0.641. The van der Waals surface area contributed by atoms with Crippen LogP contribution in [0.15, 0.2) is 45.6 Å². The van der Waals surface area contributed by atoms with Gasteiger partial charge in [-0.15, -0.1) is 0 Å². The summed E-state index contributed by atoms with van der Waals surface area (Å²) in [5.41, 5.74) is 4.25. The average molecular weight is 440 g/mol. The zero-order valence-electron chi connectivity index (χ0n) is 19.2. The van der Waals surface area contributed by atoms with Gasteiger partial charge in [-0.25, -0.2) is 0 Å². The smallest absolute Gasteiger partial charge is 0.271 e. The minimum Gasteiger partial charge on any atom is -0.494 e. The second-order valence-electron chi connectivity index (χ2n) is 8.53. The first-order chi connectivity index (χ1) is 15.6. The Hall–Kier alpha value is -4.11. The van der Waals surface area contributed by atoms with Crippen LogP contribution in [0.2, 0.25) is 0 Å². The summed E-state index contributed by atoms with van der Waals surface area (Å²) in [5.74, 6) is -0.957. The number of nitrogens with zero attached hydrogens (tertiary/aromatic N) is 2. The standard InChI is InChI=1S/C27H24N2O4/c1-14-6-8-19(9-7-14)13-29-26(31)20(12-28)17(4)23(27(29)32)24(30)25-18(5)22-16(3)10-15(2)11-21(22)33-25/h6-11,32H,13H2,1-5H3. The molecule has 0 saturated carbocycles. The van der Waals surface area contributed by atoms with Crippen molar-refractivity contribution < 1.29 is 14.3 Å². The number of hydrogen-bond donors (Lipinski definition) is 1. The van der Waals surface area contributed by atoms with Crippen LogP contribution >= 0.6 is 0 Å². The van der Waals surface area contributed by atoms with Gasteiger partial charge in [0.05, 0.1) is 12.1 Å². The van der Waals surface area contributed by atoms with Crippen LogP contribution in [0.4, 0.5) is 0 Å². The second kappa shape index (κ2) is 8.10. The Balaban J connectivity index is 1.93. The molecule has 0 fully saturated rings. The van der Waals surface area contributed by atoms with Crippen molar-refractivity contribution in [3.8, 4) is 11.9 Å². The average Bonchev–Trinajstić information content (AvgIpc) is 3.09. The second-order valence-corrected chi connectivity index (χ2v) is 8.53. The van der Waals surface area contributed by atoms with Crippen LogP contribution in [0.1, 0.15) is 55.1 Å². The Morgan fingerprint density at radius 2 is 1.70 bits per heavy atom. The van der Waals surface area contributed by atoms with E-state index in [1.165, 1.54) is 6.92 Å². The van der Waals surface area contributed by atoms with E-state index in [0.717, 1.165) is 32.2 Å². The van der Waals surface area contributed by atoms with E-state index >= 15 is 0 Å². The van der Waals surface area contributed by atoms with Crippen LogP contribution < -0.4 is 5.56 Å². The van der Waals surface area contributed by atoms with Crippen molar-refractivity contribution in [2.45, 2.75) is 41.2 Å². The number of pyridine rings is 1. The van der Waals surface area contributed by atoms with E-state index in [9.17, 15) is 20.0 Å². The van der Waals surface area contributed by atoms with E-state index in [4.69, 9.17) is 4.42 Å². The number of aryl methyl sites for hydroxylation is 4. The Morgan fingerprint density at radius 1 is 1.03 bits per heavy atom. The van der Waals surface area contributed by atoms with Crippen molar-refractivity contribution >= 4 is 16.8 Å². The van der Waals surface area contributed by atoms with Gasteiger partial charge in [-0.3, -0.25) is 14.2 Å². The Kier molecular flexibility index (Phi) is 5.43. The molecule has 0 aliphatic carbocycles. The van der Waals surface area contributed by atoms with Crippen molar-refractivity contribution in [1.29, 1.82) is 5.26 Å². The molecule has 1 N–H and O–H groups in total. The highest BCUT2D eigenvalue weighted by Crippen LogP contribution is 2.33. The topological polar surface area (TPSA) is 96.2 Å². The normalized spacial score (nSPS) is 11.0. The quantitative estimate of drug-likeness (QED) is 0.451.